The number of hydrogen-bond acceptors (Lipinski definition) is 2. The molecule has 0 atom stereocenters. The molecule has 0 spiro atoms. The van der Waals surface area contributed by atoms with E-state index < -0.39 is 6.09 Å². The van der Waals surface area contributed by atoms with Crippen LogP contribution >= 0.6 is 11.6 Å². The zero-order valence-electron chi connectivity index (χ0n) is 10.7. The summed E-state index contributed by atoms with van der Waals surface area (Å²) < 4.78 is 5.40. The highest BCUT2D eigenvalue weighted by atomic mass is 35.5. The molecule has 0 unspecified atom stereocenters. The summed E-state index contributed by atoms with van der Waals surface area (Å²) in [5.74, 6) is 2.77. The average molecular weight is 268 g/mol. The topological polar surface area (TPSA) is 38.3 Å². The first-order valence-electron chi connectivity index (χ1n) is 5.38. The van der Waals surface area contributed by atoms with Crippen LogP contribution < -0.4 is 5.32 Å². The van der Waals surface area contributed by atoms with Gasteiger partial charge in [-0.15, -0.1) is 0 Å². The van der Waals surface area contributed by atoms with Gasteiger partial charge >= 0.3 is 6.09 Å². The quantitative estimate of drug-likeness (QED) is 0.661. The molecule has 1 aromatic carbocycles. The van der Waals surface area contributed by atoms with Crippen molar-refractivity contribution in [2.45, 2.75) is 0 Å². The molecular formula is C13H16ClN2O2+. The van der Waals surface area contributed by atoms with Crippen LogP contribution in [0.2, 0.25) is 5.02 Å². The van der Waals surface area contributed by atoms with Crippen molar-refractivity contribution in [3.05, 3.63) is 29.3 Å². The number of ether oxygens (including phenoxy) is 1. The van der Waals surface area contributed by atoms with Gasteiger partial charge in [0.2, 0.25) is 0 Å². The van der Waals surface area contributed by atoms with E-state index in [1.807, 2.05) is 21.1 Å². The van der Waals surface area contributed by atoms with E-state index in [2.05, 4.69) is 17.3 Å². The SMILES string of the molecule is C[N+](C)(C)CC#COC(=O)Nc1cccc(Cl)c1. The lowest BCUT2D eigenvalue weighted by Gasteiger charge is -2.19. The Morgan fingerprint density at radius 2 is 2.17 bits per heavy atom. The molecule has 1 amide bonds. The minimum atomic E-state index is -0.619. The third-order valence-electron chi connectivity index (χ3n) is 1.84. The molecule has 96 valence electrons. The van der Waals surface area contributed by atoms with Gasteiger partial charge in [0.1, 0.15) is 12.7 Å². The fraction of sp³-hybridized carbons (Fsp3) is 0.308. The van der Waals surface area contributed by atoms with Gasteiger partial charge in [-0.2, -0.15) is 0 Å². The Bertz CT molecular complexity index is 484. The maximum atomic E-state index is 11.4. The first-order valence-corrected chi connectivity index (χ1v) is 5.76. The van der Waals surface area contributed by atoms with Crippen molar-refractivity contribution in [1.82, 2.24) is 0 Å². The van der Waals surface area contributed by atoms with Crippen LogP contribution in [0.3, 0.4) is 0 Å². The summed E-state index contributed by atoms with van der Waals surface area (Å²) >= 11 is 5.78. The van der Waals surface area contributed by atoms with Gasteiger partial charge in [0.25, 0.3) is 0 Å². The first-order chi connectivity index (χ1) is 8.37. The largest absolute Gasteiger partial charge is 0.425 e. The lowest BCUT2D eigenvalue weighted by atomic mass is 10.3. The molecule has 0 radical (unpaired) electrons. The molecule has 0 aromatic heterocycles. The van der Waals surface area contributed by atoms with E-state index in [4.69, 9.17) is 16.3 Å². The number of halogens is 1. The van der Waals surface area contributed by atoms with Crippen LogP contribution in [0.4, 0.5) is 10.5 Å². The van der Waals surface area contributed by atoms with E-state index in [9.17, 15) is 4.79 Å². The van der Waals surface area contributed by atoms with E-state index >= 15 is 0 Å². The molecule has 5 heteroatoms. The number of carbonyl (C=O) groups is 1. The van der Waals surface area contributed by atoms with Gasteiger partial charge < -0.3 is 9.22 Å². The van der Waals surface area contributed by atoms with Crippen molar-refractivity contribution in [3.8, 4) is 12.0 Å². The summed E-state index contributed by atoms with van der Waals surface area (Å²) in [6.07, 6.45) is 1.75. The Kier molecular flexibility index (Phi) is 5.02. The molecule has 0 aliphatic carbocycles. The van der Waals surface area contributed by atoms with Crippen LogP contribution in [-0.2, 0) is 4.74 Å². The van der Waals surface area contributed by atoms with E-state index in [-0.39, 0.29) is 0 Å². The highest BCUT2D eigenvalue weighted by molar-refractivity contribution is 6.30. The van der Waals surface area contributed by atoms with Crippen LogP contribution in [0.25, 0.3) is 0 Å². The van der Waals surface area contributed by atoms with Gasteiger partial charge in [0.05, 0.1) is 21.1 Å². The molecule has 0 saturated heterocycles. The van der Waals surface area contributed by atoms with Gasteiger partial charge in [-0.05, 0) is 18.2 Å². The molecule has 0 fully saturated rings. The maximum Gasteiger partial charge on any atom is 0.425 e. The molecule has 0 heterocycles. The van der Waals surface area contributed by atoms with E-state index in [1.165, 1.54) is 0 Å². The molecule has 1 rings (SSSR count). The van der Waals surface area contributed by atoms with Crippen molar-refractivity contribution in [2.24, 2.45) is 0 Å². The third-order valence-corrected chi connectivity index (χ3v) is 2.08. The van der Waals surface area contributed by atoms with Crippen LogP contribution in [0.15, 0.2) is 24.3 Å². The number of benzene rings is 1. The molecule has 4 nitrogen and oxygen atoms in total. The number of anilines is 1. The fourth-order valence-corrected chi connectivity index (χ4v) is 1.25. The van der Waals surface area contributed by atoms with E-state index in [0.29, 0.717) is 21.7 Å². The third kappa shape index (κ3) is 6.14. The molecule has 0 bridgehead atoms. The Morgan fingerprint density at radius 3 is 2.78 bits per heavy atom. The summed E-state index contributed by atoms with van der Waals surface area (Å²) in [5.41, 5.74) is 0.570. The summed E-state index contributed by atoms with van der Waals surface area (Å²) in [5, 5.41) is 3.07. The summed E-state index contributed by atoms with van der Waals surface area (Å²) in [6, 6.07) is 6.80. The van der Waals surface area contributed by atoms with Gasteiger partial charge in [0.15, 0.2) is 0 Å². The number of rotatable bonds is 2. The molecule has 0 aliphatic rings. The average Bonchev–Trinajstić information content (AvgIpc) is 2.23. The monoisotopic (exact) mass is 267 g/mol. The highest BCUT2D eigenvalue weighted by Crippen LogP contribution is 2.14. The Balaban J connectivity index is 2.43. The zero-order valence-corrected chi connectivity index (χ0v) is 11.4. The van der Waals surface area contributed by atoms with Crippen molar-refractivity contribution < 1.29 is 14.0 Å². The number of quaternary nitrogens is 1. The normalized spacial score (nSPS) is 10.2. The van der Waals surface area contributed by atoms with Crippen LogP contribution in [0.1, 0.15) is 0 Å². The number of hydrogen-bond donors (Lipinski definition) is 1. The van der Waals surface area contributed by atoms with Crippen molar-refractivity contribution in [2.75, 3.05) is 33.0 Å². The number of carbonyl (C=O) groups excluding carboxylic acids is 1. The minimum Gasteiger partial charge on any atom is -0.355 e. The number of amides is 1. The predicted molar refractivity (Wildman–Crippen MR) is 72.2 cm³/mol. The summed E-state index contributed by atoms with van der Waals surface area (Å²) in [6.45, 7) is 0.602. The van der Waals surface area contributed by atoms with Crippen LogP contribution in [-0.4, -0.2) is 38.3 Å². The van der Waals surface area contributed by atoms with Gasteiger partial charge in [-0.3, -0.25) is 5.32 Å². The zero-order chi connectivity index (χ0) is 13.6. The predicted octanol–water partition coefficient (Wildman–Crippen LogP) is 2.56. The van der Waals surface area contributed by atoms with Crippen molar-refractivity contribution >= 4 is 23.4 Å². The Morgan fingerprint density at radius 1 is 1.44 bits per heavy atom. The molecule has 0 saturated carbocycles. The molecule has 1 N–H and O–H groups in total. The van der Waals surface area contributed by atoms with Gasteiger partial charge in [0, 0.05) is 16.6 Å². The van der Waals surface area contributed by atoms with Crippen molar-refractivity contribution in [3.63, 3.8) is 0 Å². The lowest BCUT2D eigenvalue weighted by Crippen LogP contribution is -2.34. The van der Waals surface area contributed by atoms with E-state index in [1.54, 1.807) is 24.3 Å². The molecule has 18 heavy (non-hydrogen) atoms. The second-order valence-electron chi connectivity index (χ2n) is 4.75. The Hall–Kier alpha value is -1.70. The first kappa shape index (κ1) is 14.4. The molecular weight excluding hydrogens is 252 g/mol. The molecule has 0 aliphatic heterocycles. The maximum absolute atomic E-state index is 11.4. The van der Waals surface area contributed by atoms with E-state index in [0.717, 1.165) is 0 Å². The molecule has 1 aromatic rings. The van der Waals surface area contributed by atoms with Crippen molar-refractivity contribution in [1.29, 1.82) is 0 Å². The summed E-state index contributed by atoms with van der Waals surface area (Å²) in [4.78, 5) is 11.4. The second kappa shape index (κ2) is 6.29. The highest BCUT2D eigenvalue weighted by Gasteiger charge is 2.04. The number of nitrogens with zero attached hydrogens (tertiary/aromatic N) is 1. The Labute approximate surface area is 112 Å². The standard InChI is InChI=1S/C13H15ClN2O2/c1-16(2,3)8-5-9-18-13(17)15-12-7-4-6-11(14)10-12/h4,6-7,10H,8H2,1-3H3/p+1. The lowest BCUT2D eigenvalue weighted by molar-refractivity contribution is -0.862. The van der Waals surface area contributed by atoms with Gasteiger partial charge in [-0.1, -0.05) is 17.7 Å². The fourth-order valence-electron chi connectivity index (χ4n) is 1.06. The smallest absolute Gasteiger partial charge is 0.355 e. The summed E-state index contributed by atoms with van der Waals surface area (Å²) in [7, 11) is 6.00. The number of nitrogens with one attached hydrogen (secondary N) is 1. The second-order valence-corrected chi connectivity index (χ2v) is 5.19. The van der Waals surface area contributed by atoms with Crippen LogP contribution in [0, 0.1) is 12.0 Å². The van der Waals surface area contributed by atoms with Gasteiger partial charge in [-0.25, -0.2) is 4.79 Å². The van der Waals surface area contributed by atoms with Crippen LogP contribution in [0.5, 0.6) is 0 Å². The minimum absolute atomic E-state index is 0.545.